The molecule has 2 saturated heterocycles. The lowest BCUT2D eigenvalue weighted by atomic mass is 9.97. The van der Waals surface area contributed by atoms with Crippen LogP contribution in [0.25, 0.3) is 0 Å². The van der Waals surface area contributed by atoms with E-state index < -0.39 is 86.8 Å². The van der Waals surface area contributed by atoms with E-state index in [-0.39, 0.29) is 18.9 Å². The smallest absolute Gasteiger partial charge is 0.220 e. The highest BCUT2D eigenvalue weighted by atomic mass is 16.7. The lowest BCUT2D eigenvalue weighted by Gasteiger charge is -2.46. The molecule has 0 radical (unpaired) electrons. The number of amides is 1. The van der Waals surface area contributed by atoms with Crippen molar-refractivity contribution in [2.24, 2.45) is 0 Å². The number of rotatable bonds is 54. The van der Waals surface area contributed by atoms with Gasteiger partial charge in [0.25, 0.3) is 0 Å². The van der Waals surface area contributed by atoms with Crippen molar-refractivity contribution in [2.45, 2.75) is 312 Å². The Morgan fingerprint density at radius 1 is 0.425 bits per heavy atom. The molecule has 0 aliphatic carbocycles. The monoisotopic (exact) mass is 1220 g/mol. The summed E-state index contributed by atoms with van der Waals surface area (Å²) in [6, 6.07) is -0.947. The molecule has 12 unspecified atom stereocenters. The molecule has 2 aliphatic rings. The summed E-state index contributed by atoms with van der Waals surface area (Å²) >= 11 is 0. The molecule has 2 fully saturated rings. The van der Waals surface area contributed by atoms with Crippen molar-refractivity contribution in [3.63, 3.8) is 0 Å². The number of ether oxygens (including phenoxy) is 4. The average Bonchev–Trinajstić information content (AvgIpc) is 3.71. The van der Waals surface area contributed by atoms with E-state index in [1.807, 2.05) is 6.08 Å². The van der Waals surface area contributed by atoms with Crippen molar-refractivity contribution in [1.29, 1.82) is 0 Å². The molecule has 9 N–H and O–H groups in total. The highest BCUT2D eigenvalue weighted by Crippen LogP contribution is 2.30. The molecule has 2 rings (SSSR count). The van der Waals surface area contributed by atoms with Crippen LogP contribution in [0, 0.1) is 0 Å². The number of hydrogen-bond donors (Lipinski definition) is 9. The summed E-state index contributed by atoms with van der Waals surface area (Å²) in [6.07, 6.45) is 65.3. The van der Waals surface area contributed by atoms with Gasteiger partial charge in [-0.1, -0.05) is 251 Å². The lowest BCUT2D eigenvalue weighted by molar-refractivity contribution is -0.359. The first-order chi connectivity index (χ1) is 42.6. The van der Waals surface area contributed by atoms with Crippen LogP contribution >= 0.6 is 0 Å². The van der Waals surface area contributed by atoms with Crippen LogP contribution in [-0.4, -0.2) is 140 Å². The van der Waals surface area contributed by atoms with Gasteiger partial charge >= 0.3 is 0 Å². The number of unbranched alkanes of at least 4 members (excludes halogenated alkanes) is 23. The van der Waals surface area contributed by atoms with Gasteiger partial charge in [-0.05, 0) is 103 Å². The molecular weight excluding hydrogens is 1100 g/mol. The van der Waals surface area contributed by atoms with E-state index in [0.717, 1.165) is 96.3 Å². The molecule has 498 valence electrons. The first kappa shape index (κ1) is 79.5. The molecule has 14 nitrogen and oxygen atoms in total. The van der Waals surface area contributed by atoms with Gasteiger partial charge in [-0.3, -0.25) is 4.79 Å². The van der Waals surface area contributed by atoms with E-state index in [1.165, 1.54) is 109 Å². The van der Waals surface area contributed by atoms with Crippen molar-refractivity contribution in [2.75, 3.05) is 19.8 Å². The zero-order chi connectivity index (χ0) is 63.1. The summed E-state index contributed by atoms with van der Waals surface area (Å²) in [5.74, 6) is -0.259. The van der Waals surface area contributed by atoms with Crippen molar-refractivity contribution in [3.05, 3.63) is 122 Å². The molecule has 2 heterocycles. The minimum Gasteiger partial charge on any atom is -0.394 e. The van der Waals surface area contributed by atoms with Gasteiger partial charge in [0.05, 0.1) is 32.0 Å². The highest BCUT2D eigenvalue weighted by molar-refractivity contribution is 5.76. The fourth-order valence-corrected chi connectivity index (χ4v) is 10.4. The third-order valence-corrected chi connectivity index (χ3v) is 15.9. The molecule has 0 spiro atoms. The largest absolute Gasteiger partial charge is 0.394 e. The van der Waals surface area contributed by atoms with E-state index in [9.17, 15) is 45.6 Å². The molecule has 0 saturated carbocycles. The van der Waals surface area contributed by atoms with Crippen LogP contribution in [0.3, 0.4) is 0 Å². The van der Waals surface area contributed by atoms with E-state index in [1.54, 1.807) is 6.08 Å². The van der Waals surface area contributed by atoms with E-state index >= 15 is 0 Å². The van der Waals surface area contributed by atoms with Crippen LogP contribution in [0.15, 0.2) is 122 Å². The summed E-state index contributed by atoms with van der Waals surface area (Å²) in [5.41, 5.74) is 0. The van der Waals surface area contributed by atoms with E-state index in [4.69, 9.17) is 18.9 Å². The summed E-state index contributed by atoms with van der Waals surface area (Å²) in [4.78, 5) is 13.3. The molecule has 14 heteroatoms. The Morgan fingerprint density at radius 2 is 0.805 bits per heavy atom. The minimum atomic E-state index is -1.80. The molecular formula is C73H123NO13. The van der Waals surface area contributed by atoms with Gasteiger partial charge < -0.3 is 65.1 Å². The Morgan fingerprint density at radius 3 is 1.26 bits per heavy atom. The molecule has 0 bridgehead atoms. The molecule has 0 aromatic rings. The summed E-state index contributed by atoms with van der Waals surface area (Å²) in [6.45, 7) is 2.65. The van der Waals surface area contributed by atoms with Crippen molar-refractivity contribution >= 4 is 5.91 Å². The van der Waals surface area contributed by atoms with Gasteiger partial charge in [0.15, 0.2) is 12.6 Å². The summed E-state index contributed by atoms with van der Waals surface area (Å²) in [7, 11) is 0. The predicted molar refractivity (Wildman–Crippen MR) is 355 cm³/mol. The Hall–Kier alpha value is -3.61. The molecule has 12 atom stereocenters. The number of allylic oxidation sites excluding steroid dienone is 19. The third kappa shape index (κ3) is 40.7. The summed E-state index contributed by atoms with van der Waals surface area (Å²) < 4.78 is 22.8. The van der Waals surface area contributed by atoms with Gasteiger partial charge in [-0.15, -0.1) is 0 Å². The number of aliphatic hydroxyl groups excluding tert-OH is 8. The normalized spacial score (nSPS) is 24.1. The molecule has 0 aromatic heterocycles. The van der Waals surface area contributed by atoms with Crippen LogP contribution < -0.4 is 5.32 Å². The maximum absolute atomic E-state index is 13.3. The van der Waals surface area contributed by atoms with Crippen molar-refractivity contribution < 1.29 is 64.6 Å². The quantitative estimate of drug-likeness (QED) is 0.0204. The molecule has 0 aromatic carbocycles. The fourth-order valence-electron chi connectivity index (χ4n) is 10.4. The standard InChI is InChI=1S/C73H123NO13/c1-3-5-7-9-11-13-15-17-19-21-23-24-25-26-27-28-29-30-31-32-33-34-35-36-37-38-39-41-43-45-47-49-51-53-55-57-65(78)74-61(62(77)56-54-52-50-48-46-44-42-40-22-20-18-16-14-12-10-8-6-4-2)60-84-72-70(83)68(81)71(64(59-76)86-72)87-73-69(82)67(80)66(79)63(58-75)85-73/h5,7,11,13,17,19,22-24,26-27,29-30,32-33,40,46,48,54,56,61-64,66-73,75-77,79-83H,3-4,6,8-10,12,14-16,18,20-21,25,28,31,34-39,41-45,47,49-53,55,57-60H2,1-2H3,(H,74,78)/b7-5-,13-11-,19-17-,24-23-,27-26-,30-29-,33-32-,40-22+,48-46+,56-54+. The number of carbonyl (C=O) groups is 1. The highest BCUT2D eigenvalue weighted by Gasteiger charge is 2.51. The molecule has 87 heavy (non-hydrogen) atoms. The Bertz CT molecular complexity index is 1920. The Balaban J connectivity index is 1.67. The minimum absolute atomic E-state index is 0.259. The first-order valence-electron chi connectivity index (χ1n) is 34.3. The van der Waals surface area contributed by atoms with Gasteiger partial charge in [-0.2, -0.15) is 0 Å². The number of nitrogens with one attached hydrogen (secondary N) is 1. The van der Waals surface area contributed by atoms with Crippen LogP contribution in [0.4, 0.5) is 0 Å². The Kier molecular flexibility index (Phi) is 51.5. The van der Waals surface area contributed by atoms with Crippen LogP contribution in [0.2, 0.25) is 0 Å². The van der Waals surface area contributed by atoms with Gasteiger partial charge in [0.1, 0.15) is 48.8 Å². The molecule has 2 aliphatic heterocycles. The summed E-state index contributed by atoms with van der Waals surface area (Å²) in [5, 5.41) is 87.3. The molecule has 1 amide bonds. The van der Waals surface area contributed by atoms with Crippen LogP contribution in [0.1, 0.15) is 239 Å². The van der Waals surface area contributed by atoms with Crippen LogP contribution in [-0.2, 0) is 23.7 Å². The van der Waals surface area contributed by atoms with Gasteiger partial charge in [0.2, 0.25) is 5.91 Å². The zero-order valence-electron chi connectivity index (χ0n) is 54.0. The van der Waals surface area contributed by atoms with E-state index in [0.29, 0.717) is 12.8 Å². The first-order valence-corrected chi connectivity index (χ1v) is 34.3. The average molecular weight is 1220 g/mol. The zero-order valence-corrected chi connectivity index (χ0v) is 54.0. The second kappa shape index (κ2) is 56.4. The fraction of sp³-hybridized carbons (Fsp3) is 0.712. The number of hydrogen-bond acceptors (Lipinski definition) is 13. The van der Waals surface area contributed by atoms with Gasteiger partial charge in [-0.25, -0.2) is 0 Å². The lowest BCUT2D eigenvalue weighted by Crippen LogP contribution is -2.65. The second-order valence-electron chi connectivity index (χ2n) is 23.5. The predicted octanol–water partition coefficient (Wildman–Crippen LogP) is 13.7. The second-order valence-corrected chi connectivity index (χ2v) is 23.5. The van der Waals surface area contributed by atoms with Crippen molar-refractivity contribution in [1.82, 2.24) is 5.32 Å². The van der Waals surface area contributed by atoms with Crippen molar-refractivity contribution in [3.8, 4) is 0 Å². The third-order valence-electron chi connectivity index (χ3n) is 15.9. The Labute approximate surface area is 527 Å². The number of carbonyl (C=O) groups excluding carboxylic acids is 1. The SMILES string of the molecule is CC/C=C\C/C=C\C/C=C\C/C=C\C/C=C\C/C=C\C/C=C\CCCCCCCCCCCCCCCC(=O)NC(COC1OC(CO)C(OC2OC(CO)C(O)C(O)C2O)C(O)C1O)C(O)/C=C/CC/C=C/CC/C=C/CCCCCCCCCC. The number of aliphatic hydroxyl groups is 8. The maximum atomic E-state index is 13.3. The van der Waals surface area contributed by atoms with Gasteiger partial charge in [0, 0.05) is 6.42 Å². The van der Waals surface area contributed by atoms with Crippen LogP contribution in [0.5, 0.6) is 0 Å². The van der Waals surface area contributed by atoms with E-state index in [2.05, 4.69) is 129 Å². The maximum Gasteiger partial charge on any atom is 0.220 e. The topological polar surface area (TPSA) is 228 Å².